The molecule has 0 aliphatic carbocycles. The lowest BCUT2D eigenvalue weighted by Gasteiger charge is -2.26. The first-order valence-electron chi connectivity index (χ1n) is 13.6. The van der Waals surface area contributed by atoms with Crippen LogP contribution in [-0.2, 0) is 16.1 Å². The summed E-state index contributed by atoms with van der Waals surface area (Å²) in [6, 6.07) is 20.1. The van der Waals surface area contributed by atoms with Crippen molar-refractivity contribution in [3.63, 3.8) is 0 Å². The zero-order chi connectivity index (χ0) is 30.7. The van der Waals surface area contributed by atoms with Gasteiger partial charge in [0.05, 0.1) is 36.1 Å². The number of rotatable bonds is 9. The van der Waals surface area contributed by atoms with Crippen molar-refractivity contribution in [2.24, 2.45) is 4.99 Å². The number of methoxy groups -OCH3 is 2. The van der Waals surface area contributed by atoms with Gasteiger partial charge in [0.1, 0.15) is 18.4 Å². The summed E-state index contributed by atoms with van der Waals surface area (Å²) in [5.41, 5.74) is 2.90. The van der Waals surface area contributed by atoms with Gasteiger partial charge in [-0.15, -0.1) is 0 Å². The first-order valence-corrected chi connectivity index (χ1v) is 15.2. The minimum atomic E-state index is -0.805. The average molecular weight is 664 g/mol. The number of ether oxygens (including phenoxy) is 4. The predicted molar refractivity (Wildman–Crippen MR) is 169 cm³/mol. The van der Waals surface area contributed by atoms with Crippen LogP contribution in [0.2, 0.25) is 0 Å². The van der Waals surface area contributed by atoms with E-state index in [1.165, 1.54) is 11.3 Å². The van der Waals surface area contributed by atoms with Crippen molar-refractivity contribution in [3.8, 4) is 17.2 Å². The predicted octanol–water partition coefficient (Wildman–Crippen LogP) is 5.55. The number of nitrogens with zero attached hydrogens (tertiary/aromatic N) is 2. The number of fused-ring (bicyclic) bond motifs is 1. The second-order valence-corrected chi connectivity index (χ2v) is 12.0. The molecule has 1 atom stereocenters. The molecule has 1 aliphatic heterocycles. The summed E-state index contributed by atoms with van der Waals surface area (Å²) in [6.07, 6.45) is 1.44. The van der Waals surface area contributed by atoms with Gasteiger partial charge >= 0.3 is 5.97 Å². The fourth-order valence-electron chi connectivity index (χ4n) is 4.85. The topological polar surface area (TPSA) is 88.4 Å². The number of carbonyl (C=O) groups is 1. The highest BCUT2D eigenvalue weighted by atomic mass is 79.9. The fraction of sp³-hybridized carbons (Fsp3) is 0.242. The van der Waals surface area contributed by atoms with Crippen LogP contribution in [0.4, 0.5) is 0 Å². The van der Waals surface area contributed by atoms with E-state index in [2.05, 4.69) is 20.9 Å². The molecule has 4 aromatic rings. The van der Waals surface area contributed by atoms with E-state index in [-0.39, 0.29) is 17.2 Å². The van der Waals surface area contributed by atoms with Gasteiger partial charge in [-0.05, 0) is 68.3 Å². The molecule has 0 fully saturated rings. The first kappa shape index (κ1) is 30.3. The Labute approximate surface area is 261 Å². The monoisotopic (exact) mass is 662 g/mol. The number of esters is 1. The number of halogens is 1. The molecule has 0 spiro atoms. The van der Waals surface area contributed by atoms with Gasteiger partial charge in [-0.3, -0.25) is 9.36 Å². The second-order valence-electron chi connectivity index (χ2n) is 10.1. The quantitative estimate of drug-likeness (QED) is 0.219. The van der Waals surface area contributed by atoms with E-state index in [0.29, 0.717) is 44.4 Å². The number of hydrogen-bond donors (Lipinski definition) is 0. The molecule has 2 heterocycles. The van der Waals surface area contributed by atoms with Crippen LogP contribution < -0.4 is 29.1 Å². The summed E-state index contributed by atoms with van der Waals surface area (Å²) in [6.45, 7) is 5.72. The number of allylic oxidation sites excluding steroid dienone is 1. The van der Waals surface area contributed by atoms with Gasteiger partial charge in [-0.2, -0.15) is 0 Å². The Kier molecular flexibility index (Phi) is 9.17. The Bertz CT molecular complexity index is 1880. The highest BCUT2D eigenvalue weighted by Crippen LogP contribution is 2.37. The molecule has 1 aliphatic rings. The first-order chi connectivity index (χ1) is 20.7. The number of aromatic nitrogens is 1. The zero-order valence-corrected chi connectivity index (χ0v) is 26.8. The molecule has 5 rings (SSSR count). The number of benzene rings is 3. The van der Waals surface area contributed by atoms with Crippen molar-refractivity contribution in [1.82, 2.24) is 4.57 Å². The molecule has 43 heavy (non-hydrogen) atoms. The van der Waals surface area contributed by atoms with Crippen LogP contribution in [-0.4, -0.2) is 30.9 Å². The standard InChI is InChI=1S/C33H31BrN2O6S/c1-19(2)42-32(38)29-20(3)35-33-36(30(29)24-17-23(34)12-14-25(24)39-4)31(37)28(43-33)16-22-11-13-26(27(15-22)40-5)41-18-21-9-7-6-8-10-21/h6-17,19,30H,18H2,1-5H3/b28-16-/t30-/m0/s1. The third kappa shape index (κ3) is 6.45. The molecule has 0 radical (unpaired) electrons. The largest absolute Gasteiger partial charge is 0.496 e. The molecule has 10 heteroatoms. The SMILES string of the molecule is COc1cc(/C=c2\sc3n(c2=O)[C@@H](c2cc(Br)ccc2OC)C(C(=O)OC(C)C)=C(C)N=3)ccc1OCc1ccccc1. The molecular formula is C33H31BrN2O6S. The van der Waals surface area contributed by atoms with Crippen molar-refractivity contribution in [3.05, 3.63) is 119 Å². The lowest BCUT2D eigenvalue weighted by Crippen LogP contribution is -2.40. The van der Waals surface area contributed by atoms with Crippen molar-refractivity contribution in [2.45, 2.75) is 39.5 Å². The van der Waals surface area contributed by atoms with Crippen LogP contribution in [0.15, 0.2) is 92.3 Å². The summed E-state index contributed by atoms with van der Waals surface area (Å²) < 4.78 is 25.6. The Morgan fingerprint density at radius 1 is 1.02 bits per heavy atom. The molecular weight excluding hydrogens is 632 g/mol. The van der Waals surface area contributed by atoms with Crippen LogP contribution >= 0.6 is 27.3 Å². The maximum Gasteiger partial charge on any atom is 0.338 e. The summed E-state index contributed by atoms with van der Waals surface area (Å²) in [5, 5.41) is 0. The molecule has 0 saturated heterocycles. The van der Waals surface area contributed by atoms with Gasteiger partial charge in [0, 0.05) is 10.0 Å². The molecule has 3 aromatic carbocycles. The van der Waals surface area contributed by atoms with Gasteiger partial charge in [-0.25, -0.2) is 9.79 Å². The number of thiazole rings is 1. The number of hydrogen-bond acceptors (Lipinski definition) is 8. The van der Waals surface area contributed by atoms with Crippen molar-refractivity contribution in [2.75, 3.05) is 14.2 Å². The lowest BCUT2D eigenvalue weighted by molar-refractivity contribution is -0.143. The van der Waals surface area contributed by atoms with Crippen molar-refractivity contribution in [1.29, 1.82) is 0 Å². The smallest absolute Gasteiger partial charge is 0.338 e. The van der Waals surface area contributed by atoms with E-state index in [4.69, 9.17) is 18.9 Å². The van der Waals surface area contributed by atoms with E-state index in [9.17, 15) is 9.59 Å². The van der Waals surface area contributed by atoms with Gasteiger partial charge in [-0.1, -0.05) is 63.7 Å². The molecule has 0 amide bonds. The summed E-state index contributed by atoms with van der Waals surface area (Å²) in [4.78, 5) is 32.6. The van der Waals surface area contributed by atoms with E-state index >= 15 is 0 Å². The van der Waals surface area contributed by atoms with E-state index in [1.54, 1.807) is 51.7 Å². The highest BCUT2D eigenvalue weighted by Gasteiger charge is 2.35. The van der Waals surface area contributed by atoms with Crippen LogP contribution in [0.5, 0.6) is 17.2 Å². The van der Waals surface area contributed by atoms with Crippen LogP contribution in [0.25, 0.3) is 6.08 Å². The van der Waals surface area contributed by atoms with E-state index in [0.717, 1.165) is 15.6 Å². The maximum atomic E-state index is 14.1. The molecule has 8 nitrogen and oxygen atoms in total. The minimum Gasteiger partial charge on any atom is -0.496 e. The maximum absolute atomic E-state index is 14.1. The summed E-state index contributed by atoms with van der Waals surface area (Å²) in [7, 11) is 3.13. The lowest BCUT2D eigenvalue weighted by atomic mass is 9.95. The molecule has 0 bridgehead atoms. The third-order valence-electron chi connectivity index (χ3n) is 6.79. The van der Waals surface area contributed by atoms with Crippen LogP contribution in [0, 0.1) is 0 Å². The van der Waals surface area contributed by atoms with E-state index < -0.39 is 12.0 Å². The second kappa shape index (κ2) is 13.0. The van der Waals surface area contributed by atoms with Crippen molar-refractivity contribution >= 4 is 39.3 Å². The minimum absolute atomic E-state index is 0.283. The molecule has 0 unspecified atom stereocenters. The zero-order valence-electron chi connectivity index (χ0n) is 24.4. The Morgan fingerprint density at radius 3 is 2.44 bits per heavy atom. The summed E-state index contributed by atoms with van der Waals surface area (Å²) in [5.74, 6) is 1.14. The van der Waals surface area contributed by atoms with Gasteiger partial charge in [0.2, 0.25) is 0 Å². The normalized spacial score (nSPS) is 14.8. The Hall–Kier alpha value is -4.15. The van der Waals surface area contributed by atoms with Crippen LogP contribution in [0.3, 0.4) is 0 Å². The average Bonchev–Trinajstić information content (AvgIpc) is 3.29. The highest BCUT2D eigenvalue weighted by molar-refractivity contribution is 9.10. The molecule has 1 aromatic heterocycles. The van der Waals surface area contributed by atoms with E-state index in [1.807, 2.05) is 60.7 Å². The van der Waals surface area contributed by atoms with Crippen LogP contribution in [0.1, 0.15) is 43.5 Å². The summed E-state index contributed by atoms with van der Waals surface area (Å²) >= 11 is 4.78. The third-order valence-corrected chi connectivity index (χ3v) is 8.27. The van der Waals surface area contributed by atoms with Crippen molar-refractivity contribution < 1.29 is 23.7 Å². The molecule has 222 valence electrons. The fourth-order valence-corrected chi connectivity index (χ4v) is 6.28. The molecule has 0 saturated carbocycles. The van der Waals surface area contributed by atoms with Gasteiger partial charge < -0.3 is 18.9 Å². The Morgan fingerprint density at radius 2 is 1.74 bits per heavy atom. The number of carbonyl (C=O) groups excluding carboxylic acids is 1. The van der Waals surface area contributed by atoms with Gasteiger partial charge in [0.25, 0.3) is 5.56 Å². The molecule has 0 N–H and O–H groups in total. The van der Waals surface area contributed by atoms with Gasteiger partial charge in [0.15, 0.2) is 16.3 Å². The Balaban J connectivity index is 1.60.